The molecule has 0 amide bonds. The summed E-state index contributed by atoms with van der Waals surface area (Å²) in [6, 6.07) is 0. The zero-order valence-corrected chi connectivity index (χ0v) is 19.5. The monoisotopic (exact) mass is 414 g/mol. The first kappa shape index (κ1) is 28.6. The summed E-state index contributed by atoms with van der Waals surface area (Å²) in [5, 5.41) is 19.9. The molecule has 2 N–H and O–H groups in total. The lowest BCUT2D eigenvalue weighted by molar-refractivity contribution is -0.0807. The Kier molecular flexibility index (Phi) is 21.9. The van der Waals surface area contributed by atoms with Crippen LogP contribution in [0.15, 0.2) is 12.7 Å². The third-order valence-electron chi connectivity index (χ3n) is 5.61. The predicted molar refractivity (Wildman–Crippen MR) is 123 cm³/mol. The van der Waals surface area contributed by atoms with Gasteiger partial charge in [0.15, 0.2) is 0 Å². The Bertz CT molecular complexity index is 335. The molecule has 0 aromatic heterocycles. The van der Waals surface area contributed by atoms with Gasteiger partial charge in [0.1, 0.15) is 6.79 Å². The van der Waals surface area contributed by atoms with E-state index >= 15 is 0 Å². The Labute approximate surface area is 181 Å². The van der Waals surface area contributed by atoms with E-state index in [4.69, 9.17) is 9.47 Å². The van der Waals surface area contributed by atoms with Crippen molar-refractivity contribution in [1.82, 2.24) is 0 Å². The molecule has 0 saturated carbocycles. The predicted octanol–water partition coefficient (Wildman–Crippen LogP) is 6.53. The Hall–Kier alpha value is -0.420. The molecule has 0 aromatic carbocycles. The highest BCUT2D eigenvalue weighted by atomic mass is 16.7. The van der Waals surface area contributed by atoms with E-state index in [9.17, 15) is 10.2 Å². The van der Waals surface area contributed by atoms with Crippen LogP contribution in [0, 0.1) is 0 Å². The van der Waals surface area contributed by atoms with Crippen molar-refractivity contribution in [2.45, 2.75) is 134 Å². The number of ether oxygens (including phenoxy) is 2. The van der Waals surface area contributed by atoms with Crippen LogP contribution >= 0.6 is 0 Å². The fourth-order valence-corrected chi connectivity index (χ4v) is 3.79. The van der Waals surface area contributed by atoms with E-state index in [1.165, 1.54) is 77.0 Å². The highest BCUT2D eigenvalue weighted by Gasteiger charge is 2.15. The van der Waals surface area contributed by atoms with Crippen LogP contribution in [0.2, 0.25) is 0 Å². The molecule has 0 bridgehead atoms. The van der Waals surface area contributed by atoms with Crippen LogP contribution in [0.3, 0.4) is 0 Å². The van der Waals surface area contributed by atoms with Crippen molar-refractivity contribution in [3.8, 4) is 0 Å². The van der Waals surface area contributed by atoms with E-state index in [1.54, 1.807) is 13.2 Å². The van der Waals surface area contributed by atoms with Crippen LogP contribution in [0.25, 0.3) is 0 Å². The quantitative estimate of drug-likeness (QED) is 0.113. The van der Waals surface area contributed by atoms with Crippen molar-refractivity contribution in [2.24, 2.45) is 0 Å². The Morgan fingerprint density at radius 3 is 1.83 bits per heavy atom. The van der Waals surface area contributed by atoms with Gasteiger partial charge in [-0.2, -0.15) is 0 Å². The van der Waals surface area contributed by atoms with Crippen LogP contribution in [0.1, 0.15) is 116 Å². The van der Waals surface area contributed by atoms with Crippen LogP contribution in [0.4, 0.5) is 0 Å². The van der Waals surface area contributed by atoms with Gasteiger partial charge in [-0.3, -0.25) is 0 Å². The van der Waals surface area contributed by atoms with E-state index in [2.05, 4.69) is 13.5 Å². The number of aliphatic hydroxyl groups excluding tert-OH is 2. The van der Waals surface area contributed by atoms with Crippen molar-refractivity contribution in [2.75, 3.05) is 13.9 Å². The van der Waals surface area contributed by atoms with Crippen molar-refractivity contribution >= 4 is 0 Å². The summed E-state index contributed by atoms with van der Waals surface area (Å²) in [6.45, 7) is 6.20. The second-order valence-electron chi connectivity index (χ2n) is 8.52. The van der Waals surface area contributed by atoms with Gasteiger partial charge in [0, 0.05) is 7.11 Å². The first-order chi connectivity index (χ1) is 14.1. The van der Waals surface area contributed by atoms with Gasteiger partial charge in [0.2, 0.25) is 0 Å². The average molecular weight is 415 g/mol. The number of rotatable bonds is 23. The molecule has 0 heterocycles. The largest absolute Gasteiger partial charge is 0.393 e. The lowest BCUT2D eigenvalue weighted by Gasteiger charge is -2.20. The lowest BCUT2D eigenvalue weighted by atomic mass is 9.99. The van der Waals surface area contributed by atoms with Crippen LogP contribution < -0.4 is 0 Å². The summed E-state index contributed by atoms with van der Waals surface area (Å²) in [7, 11) is 1.64. The van der Waals surface area contributed by atoms with Gasteiger partial charge in [0.25, 0.3) is 0 Å². The molecule has 4 nitrogen and oxygen atoms in total. The number of hydrogen-bond acceptors (Lipinski definition) is 4. The van der Waals surface area contributed by atoms with Crippen LogP contribution in [-0.4, -0.2) is 42.4 Å². The van der Waals surface area contributed by atoms with Gasteiger partial charge < -0.3 is 19.7 Å². The van der Waals surface area contributed by atoms with Crippen molar-refractivity contribution in [3.05, 3.63) is 12.7 Å². The molecule has 4 heteroatoms. The van der Waals surface area contributed by atoms with E-state index in [0.717, 1.165) is 12.8 Å². The van der Waals surface area contributed by atoms with Crippen molar-refractivity contribution in [1.29, 1.82) is 0 Å². The number of methoxy groups -OCH3 is 1. The maximum atomic E-state index is 10.1. The minimum Gasteiger partial charge on any atom is -0.393 e. The molecule has 0 saturated heterocycles. The van der Waals surface area contributed by atoms with E-state index in [0.29, 0.717) is 26.1 Å². The molecular formula is C25H50O4. The minimum atomic E-state index is -0.503. The molecule has 0 fully saturated rings. The fourth-order valence-electron chi connectivity index (χ4n) is 3.79. The van der Waals surface area contributed by atoms with E-state index < -0.39 is 12.2 Å². The maximum Gasteiger partial charge on any atom is 0.146 e. The summed E-state index contributed by atoms with van der Waals surface area (Å²) < 4.78 is 10.8. The van der Waals surface area contributed by atoms with Crippen LogP contribution in [0.5, 0.6) is 0 Å². The van der Waals surface area contributed by atoms with Crippen molar-refractivity contribution < 1.29 is 19.7 Å². The fraction of sp³-hybridized carbons (Fsp3) is 0.920. The van der Waals surface area contributed by atoms with Gasteiger partial charge in [-0.25, -0.2) is 0 Å². The van der Waals surface area contributed by atoms with Crippen molar-refractivity contribution in [3.63, 3.8) is 0 Å². The third kappa shape index (κ3) is 20.6. The molecule has 0 aliphatic carbocycles. The molecule has 0 aliphatic rings. The Morgan fingerprint density at radius 1 is 0.759 bits per heavy atom. The normalized spacial score (nSPS) is 14.6. The van der Waals surface area contributed by atoms with E-state index in [1.807, 2.05) is 0 Å². The molecule has 174 valence electrons. The summed E-state index contributed by atoms with van der Waals surface area (Å²) in [6.07, 6.45) is 20.4. The molecular weight excluding hydrogens is 364 g/mol. The zero-order valence-electron chi connectivity index (χ0n) is 19.5. The summed E-state index contributed by atoms with van der Waals surface area (Å²) in [4.78, 5) is 0. The first-order valence-electron chi connectivity index (χ1n) is 12.2. The second-order valence-corrected chi connectivity index (χ2v) is 8.52. The standard InChI is InChI=1S/C25H50O4/c1-4-6-7-8-9-10-11-12-13-14-15-16-18-25(29-22-28-3)20-19-24(27)21-23(26)17-5-2/h5,23-27H,2,4,6-22H2,1,3H3/t23-,24+,25+/m1/s1. The molecule has 3 atom stereocenters. The minimum absolute atomic E-state index is 0.129. The molecule has 0 rings (SSSR count). The van der Waals surface area contributed by atoms with Crippen LogP contribution in [-0.2, 0) is 9.47 Å². The Balaban J connectivity index is 3.72. The molecule has 0 unspecified atom stereocenters. The SMILES string of the molecule is C=CC[C@@H](O)C[C@@H](O)CC[C@H](CCCCCCCCCCCCCC)OCOC. The average Bonchev–Trinajstić information content (AvgIpc) is 2.70. The molecule has 0 aliphatic heterocycles. The molecule has 0 radical (unpaired) electrons. The van der Waals surface area contributed by atoms with Gasteiger partial charge in [-0.1, -0.05) is 90.0 Å². The van der Waals surface area contributed by atoms with Gasteiger partial charge in [-0.05, 0) is 32.1 Å². The van der Waals surface area contributed by atoms with Gasteiger partial charge in [0.05, 0.1) is 18.3 Å². The van der Waals surface area contributed by atoms with Gasteiger partial charge in [-0.15, -0.1) is 6.58 Å². The Morgan fingerprint density at radius 2 is 1.31 bits per heavy atom. The zero-order chi connectivity index (χ0) is 21.6. The van der Waals surface area contributed by atoms with Gasteiger partial charge >= 0.3 is 0 Å². The highest BCUT2D eigenvalue weighted by Crippen LogP contribution is 2.18. The third-order valence-corrected chi connectivity index (χ3v) is 5.61. The first-order valence-corrected chi connectivity index (χ1v) is 12.2. The molecule has 29 heavy (non-hydrogen) atoms. The summed E-state index contributed by atoms with van der Waals surface area (Å²) in [5.74, 6) is 0. The number of hydrogen-bond donors (Lipinski definition) is 2. The second kappa shape index (κ2) is 22.3. The highest BCUT2D eigenvalue weighted by molar-refractivity contribution is 4.75. The van der Waals surface area contributed by atoms with E-state index in [-0.39, 0.29) is 6.10 Å². The topological polar surface area (TPSA) is 58.9 Å². The summed E-state index contributed by atoms with van der Waals surface area (Å²) in [5.41, 5.74) is 0. The smallest absolute Gasteiger partial charge is 0.146 e. The number of unbranched alkanes of at least 4 members (excludes halogenated alkanes) is 11. The lowest BCUT2D eigenvalue weighted by Crippen LogP contribution is -2.21. The molecule has 0 spiro atoms. The maximum absolute atomic E-state index is 10.1. The summed E-state index contributed by atoms with van der Waals surface area (Å²) >= 11 is 0. The number of aliphatic hydroxyl groups is 2. The molecule has 0 aromatic rings.